The van der Waals surface area contributed by atoms with Gasteiger partial charge in [0.2, 0.25) is 5.95 Å². The fourth-order valence-electron chi connectivity index (χ4n) is 3.20. The van der Waals surface area contributed by atoms with E-state index in [1.54, 1.807) is 19.5 Å². The van der Waals surface area contributed by atoms with E-state index in [9.17, 15) is 0 Å². The topological polar surface area (TPSA) is 91.0 Å². The summed E-state index contributed by atoms with van der Waals surface area (Å²) in [4.78, 5) is 11.5. The summed E-state index contributed by atoms with van der Waals surface area (Å²) in [6, 6.07) is 6.40. The van der Waals surface area contributed by atoms with E-state index < -0.39 is 0 Å². The van der Waals surface area contributed by atoms with Crippen LogP contribution >= 0.6 is 0 Å². The summed E-state index contributed by atoms with van der Waals surface area (Å²) in [5.41, 5.74) is 1.92. The maximum atomic E-state index is 5.44. The molecule has 4 rings (SSSR count). The van der Waals surface area contributed by atoms with E-state index in [0.717, 1.165) is 42.6 Å². The van der Waals surface area contributed by atoms with Crippen LogP contribution in [0.3, 0.4) is 0 Å². The van der Waals surface area contributed by atoms with Crippen LogP contribution in [0.1, 0.15) is 13.3 Å². The van der Waals surface area contributed by atoms with Crippen molar-refractivity contribution in [2.24, 2.45) is 0 Å². The van der Waals surface area contributed by atoms with Gasteiger partial charge in [0.15, 0.2) is 11.6 Å². The largest absolute Gasteiger partial charge is 0.491 e. The van der Waals surface area contributed by atoms with Crippen LogP contribution in [0, 0.1) is 0 Å². The number of hydrogen-bond donors (Lipinski definition) is 3. The van der Waals surface area contributed by atoms with Gasteiger partial charge in [-0.15, -0.1) is 0 Å². The van der Waals surface area contributed by atoms with Crippen molar-refractivity contribution in [1.82, 2.24) is 25.5 Å². The Morgan fingerprint density at radius 3 is 3.12 bits per heavy atom. The van der Waals surface area contributed by atoms with E-state index in [2.05, 4.69) is 37.6 Å². The van der Waals surface area contributed by atoms with Crippen LogP contribution in [-0.2, 0) is 0 Å². The molecule has 0 amide bonds. The molecule has 3 N–H and O–H groups in total. The predicted octanol–water partition coefficient (Wildman–Crippen LogP) is 2.29. The first kappa shape index (κ1) is 16.6. The summed E-state index contributed by atoms with van der Waals surface area (Å²) >= 11 is 0. The van der Waals surface area contributed by atoms with Crippen molar-refractivity contribution in [2.45, 2.75) is 19.4 Å². The van der Waals surface area contributed by atoms with Crippen molar-refractivity contribution >= 4 is 28.4 Å². The Morgan fingerprint density at radius 2 is 2.23 bits per heavy atom. The molecule has 1 aliphatic heterocycles. The van der Waals surface area contributed by atoms with Crippen molar-refractivity contribution in [2.75, 3.05) is 37.0 Å². The quantitative estimate of drug-likeness (QED) is 0.663. The average Bonchev–Trinajstić information content (AvgIpc) is 3.01. The molecule has 0 aliphatic carbocycles. The minimum Gasteiger partial charge on any atom is -0.491 e. The van der Waals surface area contributed by atoms with Crippen molar-refractivity contribution < 1.29 is 4.74 Å². The molecular formula is C18H23N7O. The second-order valence-electron chi connectivity index (χ2n) is 6.54. The zero-order valence-electron chi connectivity index (χ0n) is 15.0. The van der Waals surface area contributed by atoms with Crippen molar-refractivity contribution in [3.63, 3.8) is 0 Å². The highest BCUT2D eigenvalue weighted by molar-refractivity contribution is 5.83. The van der Waals surface area contributed by atoms with E-state index in [-0.39, 0.29) is 0 Å². The van der Waals surface area contributed by atoms with Gasteiger partial charge in [0, 0.05) is 30.2 Å². The molecule has 3 heterocycles. The molecule has 1 aliphatic rings. The first-order valence-electron chi connectivity index (χ1n) is 8.82. The lowest BCUT2D eigenvalue weighted by atomic mass is 10.2. The zero-order chi connectivity index (χ0) is 17.9. The Kier molecular flexibility index (Phi) is 4.57. The standard InChI is InChI=1S/C18H23N7O/c1-12-11-25(7-3-6-19-12)18-20-10-16(26-2)17(23-18)22-14-4-5-15-13(8-14)9-21-24-15/h4-5,8-10,12,19H,3,6-7,11H2,1-2H3,(H,21,24)(H,20,22,23). The van der Waals surface area contributed by atoms with Gasteiger partial charge >= 0.3 is 0 Å². The summed E-state index contributed by atoms with van der Waals surface area (Å²) < 4.78 is 5.44. The Balaban J connectivity index is 1.63. The van der Waals surface area contributed by atoms with E-state index in [1.807, 2.05) is 18.2 Å². The maximum absolute atomic E-state index is 5.44. The minimum atomic E-state index is 0.406. The van der Waals surface area contributed by atoms with Crippen LogP contribution < -0.4 is 20.3 Å². The minimum absolute atomic E-state index is 0.406. The van der Waals surface area contributed by atoms with Crippen molar-refractivity contribution in [1.29, 1.82) is 0 Å². The molecule has 8 heteroatoms. The molecule has 8 nitrogen and oxygen atoms in total. The molecule has 1 saturated heterocycles. The molecule has 1 atom stereocenters. The summed E-state index contributed by atoms with van der Waals surface area (Å²) in [7, 11) is 1.63. The van der Waals surface area contributed by atoms with Crippen LogP contribution in [0.15, 0.2) is 30.6 Å². The molecule has 0 saturated carbocycles. The predicted molar refractivity (Wildman–Crippen MR) is 102 cm³/mol. The summed E-state index contributed by atoms with van der Waals surface area (Å²) in [5.74, 6) is 1.99. The highest BCUT2D eigenvalue weighted by Gasteiger charge is 2.18. The molecule has 2 aromatic heterocycles. The monoisotopic (exact) mass is 353 g/mol. The number of fused-ring (bicyclic) bond motifs is 1. The van der Waals surface area contributed by atoms with Crippen LogP contribution in [0.5, 0.6) is 5.75 Å². The Hall–Kier alpha value is -2.87. The van der Waals surface area contributed by atoms with E-state index in [1.165, 1.54) is 0 Å². The third-order valence-corrected chi connectivity index (χ3v) is 4.54. The van der Waals surface area contributed by atoms with Gasteiger partial charge in [-0.2, -0.15) is 10.1 Å². The van der Waals surface area contributed by atoms with E-state index in [4.69, 9.17) is 9.72 Å². The number of ether oxygens (including phenoxy) is 1. The lowest BCUT2D eigenvalue weighted by Gasteiger charge is -2.23. The normalized spacial score (nSPS) is 17.9. The number of hydrogen-bond acceptors (Lipinski definition) is 7. The lowest BCUT2D eigenvalue weighted by molar-refractivity contribution is 0.413. The molecule has 0 radical (unpaired) electrons. The number of anilines is 3. The number of H-pyrrole nitrogens is 1. The van der Waals surface area contributed by atoms with Gasteiger partial charge in [-0.05, 0) is 38.1 Å². The van der Waals surface area contributed by atoms with Crippen LogP contribution in [0.4, 0.5) is 17.5 Å². The SMILES string of the molecule is COc1cnc(N2CCCNC(C)C2)nc1Nc1ccc2[nH]ncc2c1. The first-order chi connectivity index (χ1) is 12.7. The third-order valence-electron chi connectivity index (χ3n) is 4.54. The molecule has 1 unspecified atom stereocenters. The number of aromatic nitrogens is 4. The van der Waals surface area contributed by atoms with Crippen LogP contribution in [-0.4, -0.2) is 53.0 Å². The van der Waals surface area contributed by atoms with Crippen molar-refractivity contribution in [3.05, 3.63) is 30.6 Å². The van der Waals surface area contributed by atoms with Gasteiger partial charge in [-0.1, -0.05) is 0 Å². The lowest BCUT2D eigenvalue weighted by Crippen LogP contribution is -2.36. The number of nitrogens with zero attached hydrogens (tertiary/aromatic N) is 4. The van der Waals surface area contributed by atoms with E-state index >= 15 is 0 Å². The molecule has 1 aromatic carbocycles. The van der Waals surface area contributed by atoms with Gasteiger partial charge in [0.25, 0.3) is 0 Å². The molecular weight excluding hydrogens is 330 g/mol. The van der Waals surface area contributed by atoms with Gasteiger partial charge in [-0.25, -0.2) is 4.98 Å². The molecule has 1 fully saturated rings. The Morgan fingerprint density at radius 1 is 1.31 bits per heavy atom. The van der Waals surface area contributed by atoms with Crippen LogP contribution in [0.25, 0.3) is 10.9 Å². The van der Waals surface area contributed by atoms with Gasteiger partial charge < -0.3 is 20.3 Å². The van der Waals surface area contributed by atoms with Gasteiger partial charge in [0.1, 0.15) is 0 Å². The number of rotatable bonds is 4. The van der Waals surface area contributed by atoms with E-state index in [0.29, 0.717) is 23.6 Å². The average molecular weight is 353 g/mol. The molecule has 26 heavy (non-hydrogen) atoms. The molecule has 0 bridgehead atoms. The second-order valence-corrected chi connectivity index (χ2v) is 6.54. The first-order valence-corrected chi connectivity index (χ1v) is 8.82. The van der Waals surface area contributed by atoms with Gasteiger partial charge in [-0.3, -0.25) is 5.10 Å². The van der Waals surface area contributed by atoms with Crippen LogP contribution in [0.2, 0.25) is 0 Å². The molecule has 3 aromatic rings. The number of aromatic amines is 1. The fourth-order valence-corrected chi connectivity index (χ4v) is 3.20. The molecule has 136 valence electrons. The number of methoxy groups -OCH3 is 1. The highest BCUT2D eigenvalue weighted by atomic mass is 16.5. The Bertz CT molecular complexity index is 894. The second kappa shape index (κ2) is 7.17. The van der Waals surface area contributed by atoms with Gasteiger partial charge in [0.05, 0.1) is 25.0 Å². The zero-order valence-corrected chi connectivity index (χ0v) is 15.0. The summed E-state index contributed by atoms with van der Waals surface area (Å²) in [6.07, 6.45) is 4.60. The molecule has 0 spiro atoms. The third kappa shape index (κ3) is 3.41. The highest BCUT2D eigenvalue weighted by Crippen LogP contribution is 2.28. The smallest absolute Gasteiger partial charge is 0.227 e. The fraction of sp³-hybridized carbons (Fsp3) is 0.389. The Labute approximate surface area is 152 Å². The number of nitrogens with one attached hydrogen (secondary N) is 3. The number of benzene rings is 1. The van der Waals surface area contributed by atoms with Crippen molar-refractivity contribution in [3.8, 4) is 5.75 Å². The summed E-state index contributed by atoms with van der Waals surface area (Å²) in [5, 5.41) is 14.9. The maximum Gasteiger partial charge on any atom is 0.227 e. The summed E-state index contributed by atoms with van der Waals surface area (Å²) in [6.45, 7) is 5.02.